The number of alkyl halides is 1. The van der Waals surface area contributed by atoms with E-state index in [-0.39, 0.29) is 0 Å². The van der Waals surface area contributed by atoms with Crippen LogP contribution in [0.2, 0.25) is 0 Å². The first-order valence-corrected chi connectivity index (χ1v) is 8.09. The van der Waals surface area contributed by atoms with Crippen LogP contribution in [0.5, 0.6) is 5.88 Å². The van der Waals surface area contributed by atoms with Crippen LogP contribution >= 0.6 is 11.6 Å². The van der Waals surface area contributed by atoms with Gasteiger partial charge in [0.15, 0.2) is 11.2 Å². The number of aryl methyl sites for hydroxylation is 1. The fourth-order valence-corrected chi connectivity index (χ4v) is 3.40. The van der Waals surface area contributed by atoms with Gasteiger partial charge in [-0.2, -0.15) is 4.98 Å². The molecule has 6 heteroatoms. The van der Waals surface area contributed by atoms with Gasteiger partial charge in [-0.1, -0.05) is 6.92 Å². The lowest BCUT2D eigenvalue weighted by Crippen LogP contribution is -2.19. The summed E-state index contributed by atoms with van der Waals surface area (Å²) in [5.74, 6) is 2.91. The quantitative estimate of drug-likeness (QED) is 0.813. The molecular weight excluding hydrogens is 288 g/mol. The van der Waals surface area contributed by atoms with Crippen molar-refractivity contribution in [1.29, 1.82) is 0 Å². The van der Waals surface area contributed by atoms with Crippen LogP contribution in [0.3, 0.4) is 0 Å². The normalized spacial score (nSPS) is 22.6. The number of hydrogen-bond donors (Lipinski definition) is 0. The number of ether oxygens (including phenoxy) is 1. The van der Waals surface area contributed by atoms with Gasteiger partial charge in [-0.15, -0.1) is 11.6 Å². The Morgan fingerprint density at radius 3 is 2.71 bits per heavy atom. The Labute approximate surface area is 129 Å². The lowest BCUT2D eigenvalue weighted by Gasteiger charge is -2.28. The van der Waals surface area contributed by atoms with Gasteiger partial charge in [0, 0.05) is 18.3 Å². The van der Waals surface area contributed by atoms with Crippen LogP contribution in [0.4, 0.5) is 0 Å². The monoisotopic (exact) mass is 308 g/mol. The Hall–Kier alpha value is -1.36. The molecule has 21 heavy (non-hydrogen) atoms. The van der Waals surface area contributed by atoms with E-state index in [4.69, 9.17) is 21.3 Å². The predicted octanol–water partition coefficient (Wildman–Crippen LogP) is 3.37. The van der Waals surface area contributed by atoms with Gasteiger partial charge in [-0.3, -0.25) is 0 Å². The molecule has 1 aliphatic carbocycles. The number of hydrogen-bond acceptors (Lipinski definition) is 4. The summed E-state index contributed by atoms with van der Waals surface area (Å²) in [6.45, 7) is 2.33. The van der Waals surface area contributed by atoms with Gasteiger partial charge in [0.25, 0.3) is 0 Å². The number of rotatable bonds is 4. The molecule has 1 fully saturated rings. The average Bonchev–Trinajstić information content (AvgIpc) is 2.86. The topological polar surface area (TPSA) is 52.8 Å². The molecule has 0 atom stereocenters. The Kier molecular flexibility index (Phi) is 4.29. The van der Waals surface area contributed by atoms with E-state index >= 15 is 0 Å². The zero-order valence-electron chi connectivity index (χ0n) is 12.5. The molecule has 0 aromatic carbocycles. The molecule has 1 saturated carbocycles. The van der Waals surface area contributed by atoms with Crippen molar-refractivity contribution < 1.29 is 4.74 Å². The average molecular weight is 309 g/mol. The third-order valence-corrected chi connectivity index (χ3v) is 4.57. The summed E-state index contributed by atoms with van der Waals surface area (Å²) >= 11 is 5.95. The molecule has 0 saturated heterocycles. The molecule has 1 aliphatic rings. The molecule has 0 spiro atoms. The van der Waals surface area contributed by atoms with Crippen molar-refractivity contribution in [3.63, 3.8) is 0 Å². The minimum Gasteiger partial charge on any atom is -0.479 e. The van der Waals surface area contributed by atoms with Gasteiger partial charge in [-0.05, 0) is 31.6 Å². The summed E-state index contributed by atoms with van der Waals surface area (Å²) in [6.07, 6.45) is 7.16. The van der Waals surface area contributed by atoms with Crippen molar-refractivity contribution in [1.82, 2.24) is 19.5 Å². The van der Waals surface area contributed by atoms with E-state index in [1.807, 2.05) is 0 Å². The van der Waals surface area contributed by atoms with Gasteiger partial charge < -0.3 is 9.30 Å². The fraction of sp³-hybridized carbons (Fsp3) is 0.667. The lowest BCUT2D eigenvalue weighted by atomic mass is 9.87. The third kappa shape index (κ3) is 2.71. The molecule has 0 bridgehead atoms. The molecule has 114 valence electrons. The second-order valence-electron chi connectivity index (χ2n) is 5.81. The van der Waals surface area contributed by atoms with Crippen LogP contribution in [0, 0.1) is 5.92 Å². The Bertz CT molecular complexity index is 619. The molecule has 0 aliphatic heterocycles. The van der Waals surface area contributed by atoms with Crippen LogP contribution in [-0.4, -0.2) is 32.5 Å². The summed E-state index contributed by atoms with van der Waals surface area (Å²) in [4.78, 5) is 13.3. The smallest absolute Gasteiger partial charge is 0.245 e. The van der Waals surface area contributed by atoms with Crippen molar-refractivity contribution in [2.45, 2.75) is 45.1 Å². The standard InChI is InChI=1S/C15H21ClN4O/c1-10-3-5-11(6-4-10)20-12(7-8-16)19-13-14(20)17-9-18-15(13)21-2/h9-11H,3-8H2,1-2H3. The lowest BCUT2D eigenvalue weighted by molar-refractivity contribution is 0.289. The van der Waals surface area contributed by atoms with Crippen LogP contribution in [0.15, 0.2) is 6.33 Å². The highest BCUT2D eigenvalue weighted by Gasteiger charge is 2.25. The SMILES string of the molecule is COc1ncnc2c1nc(CCCl)n2C1CCC(C)CC1. The summed E-state index contributed by atoms with van der Waals surface area (Å²) in [6, 6.07) is 0.462. The second-order valence-corrected chi connectivity index (χ2v) is 6.18. The zero-order chi connectivity index (χ0) is 14.8. The van der Waals surface area contributed by atoms with E-state index in [9.17, 15) is 0 Å². The van der Waals surface area contributed by atoms with E-state index in [1.165, 1.54) is 25.7 Å². The van der Waals surface area contributed by atoms with E-state index < -0.39 is 0 Å². The van der Waals surface area contributed by atoms with Gasteiger partial charge in [0.2, 0.25) is 5.88 Å². The van der Waals surface area contributed by atoms with Crippen LogP contribution in [0.1, 0.15) is 44.5 Å². The van der Waals surface area contributed by atoms with Crippen molar-refractivity contribution in [2.24, 2.45) is 5.92 Å². The predicted molar refractivity (Wildman–Crippen MR) is 83.0 cm³/mol. The summed E-state index contributed by atoms with van der Waals surface area (Å²) in [7, 11) is 1.62. The largest absolute Gasteiger partial charge is 0.479 e. The fourth-order valence-electron chi connectivity index (χ4n) is 3.23. The highest BCUT2D eigenvalue weighted by Crippen LogP contribution is 2.35. The minimum atomic E-state index is 0.462. The second kappa shape index (κ2) is 6.18. The van der Waals surface area contributed by atoms with Crippen molar-refractivity contribution in [3.05, 3.63) is 12.2 Å². The molecule has 2 aromatic heterocycles. The van der Waals surface area contributed by atoms with E-state index in [0.29, 0.717) is 17.8 Å². The molecular formula is C15H21ClN4O. The number of aromatic nitrogens is 4. The minimum absolute atomic E-state index is 0.462. The molecule has 0 N–H and O–H groups in total. The molecule has 2 aromatic rings. The Balaban J connectivity index is 2.08. The molecule has 0 unspecified atom stereocenters. The summed E-state index contributed by atoms with van der Waals surface area (Å²) in [5.41, 5.74) is 1.63. The molecule has 0 amide bonds. The van der Waals surface area contributed by atoms with E-state index in [1.54, 1.807) is 13.4 Å². The number of fused-ring (bicyclic) bond motifs is 1. The maximum Gasteiger partial charge on any atom is 0.245 e. The highest BCUT2D eigenvalue weighted by atomic mass is 35.5. The van der Waals surface area contributed by atoms with Crippen LogP contribution in [0.25, 0.3) is 11.2 Å². The molecule has 2 heterocycles. The maximum atomic E-state index is 5.95. The summed E-state index contributed by atoms with van der Waals surface area (Å²) < 4.78 is 7.59. The van der Waals surface area contributed by atoms with Crippen LogP contribution in [-0.2, 0) is 6.42 Å². The number of halogens is 1. The number of nitrogens with zero attached hydrogens (tertiary/aromatic N) is 4. The van der Waals surface area contributed by atoms with Crippen molar-refractivity contribution in [2.75, 3.05) is 13.0 Å². The van der Waals surface area contributed by atoms with Gasteiger partial charge in [0.05, 0.1) is 7.11 Å². The first kappa shape index (κ1) is 14.6. The first-order chi connectivity index (χ1) is 10.2. The van der Waals surface area contributed by atoms with Gasteiger partial charge >= 0.3 is 0 Å². The molecule has 5 nitrogen and oxygen atoms in total. The third-order valence-electron chi connectivity index (χ3n) is 4.38. The van der Waals surface area contributed by atoms with E-state index in [0.717, 1.165) is 29.3 Å². The Morgan fingerprint density at radius 2 is 2.05 bits per heavy atom. The van der Waals surface area contributed by atoms with Crippen LogP contribution < -0.4 is 4.74 Å². The zero-order valence-corrected chi connectivity index (χ0v) is 13.3. The van der Waals surface area contributed by atoms with Gasteiger partial charge in [-0.25, -0.2) is 9.97 Å². The summed E-state index contributed by atoms with van der Waals surface area (Å²) in [5, 5.41) is 0. The maximum absolute atomic E-state index is 5.95. The number of methoxy groups -OCH3 is 1. The first-order valence-electron chi connectivity index (χ1n) is 7.56. The van der Waals surface area contributed by atoms with Crippen molar-refractivity contribution in [3.8, 4) is 5.88 Å². The molecule has 0 radical (unpaired) electrons. The molecule has 3 rings (SSSR count). The van der Waals surface area contributed by atoms with Gasteiger partial charge in [0.1, 0.15) is 12.2 Å². The van der Waals surface area contributed by atoms with E-state index in [2.05, 4.69) is 21.5 Å². The highest BCUT2D eigenvalue weighted by molar-refractivity contribution is 6.17. The van der Waals surface area contributed by atoms with Crippen molar-refractivity contribution >= 4 is 22.8 Å². The Morgan fingerprint density at radius 1 is 1.29 bits per heavy atom. The number of imidazole rings is 1.